The van der Waals surface area contributed by atoms with Crippen LogP contribution in [0.2, 0.25) is 0 Å². The Balaban J connectivity index is 2.67. The molecule has 3 heteroatoms. The third-order valence-electron chi connectivity index (χ3n) is 3.35. The highest BCUT2D eigenvalue weighted by Gasteiger charge is 2.25. The van der Waals surface area contributed by atoms with E-state index in [1.54, 1.807) is 7.11 Å². The molecule has 112 valence electrons. The number of Topliss-reactive ketones (excluding diaryl/α,β-unsaturated/α-hetero) is 1. The quantitative estimate of drug-likeness (QED) is 0.536. The summed E-state index contributed by atoms with van der Waals surface area (Å²) < 4.78 is 10.2. The lowest BCUT2D eigenvalue weighted by molar-refractivity contribution is -0.126. The molecule has 0 aliphatic carbocycles. The average Bonchev–Trinajstić information content (AvgIpc) is 2.42. The summed E-state index contributed by atoms with van der Waals surface area (Å²) in [6.45, 7) is 6.82. The molecule has 0 spiro atoms. The van der Waals surface area contributed by atoms with Crippen LogP contribution in [-0.2, 0) is 14.3 Å². The first-order chi connectivity index (χ1) is 9.45. The molecule has 1 rings (SSSR count). The second kappa shape index (κ2) is 8.18. The van der Waals surface area contributed by atoms with Gasteiger partial charge in [-0.25, -0.2) is 0 Å². The van der Waals surface area contributed by atoms with E-state index in [0.717, 1.165) is 6.42 Å². The summed E-state index contributed by atoms with van der Waals surface area (Å²) in [5.41, 5.74) is 0.909. The molecule has 0 N–H and O–H groups in total. The van der Waals surface area contributed by atoms with Crippen molar-refractivity contribution in [2.75, 3.05) is 20.5 Å². The predicted molar refractivity (Wildman–Crippen MR) is 80.7 cm³/mol. The van der Waals surface area contributed by atoms with Crippen LogP contribution in [0.4, 0.5) is 0 Å². The van der Waals surface area contributed by atoms with Gasteiger partial charge in [0.2, 0.25) is 0 Å². The summed E-state index contributed by atoms with van der Waals surface area (Å²) >= 11 is 0. The van der Waals surface area contributed by atoms with E-state index in [1.165, 1.54) is 5.56 Å². The Hall–Kier alpha value is -1.19. The van der Waals surface area contributed by atoms with Crippen LogP contribution >= 0.6 is 0 Å². The summed E-state index contributed by atoms with van der Waals surface area (Å²) in [6.07, 6.45) is 1.39. The van der Waals surface area contributed by atoms with Gasteiger partial charge in [-0.05, 0) is 17.9 Å². The Kier molecular flexibility index (Phi) is 6.89. The zero-order chi connectivity index (χ0) is 15.0. The van der Waals surface area contributed by atoms with Gasteiger partial charge in [-0.3, -0.25) is 4.79 Å². The van der Waals surface area contributed by atoms with Crippen LogP contribution in [0, 0.1) is 5.41 Å². The van der Waals surface area contributed by atoms with E-state index in [0.29, 0.717) is 19.8 Å². The molecule has 0 amide bonds. The monoisotopic (exact) mass is 278 g/mol. The topological polar surface area (TPSA) is 35.5 Å². The van der Waals surface area contributed by atoms with Crippen LogP contribution in [0.3, 0.4) is 0 Å². The minimum atomic E-state index is -0.291. The van der Waals surface area contributed by atoms with Gasteiger partial charge in [0.25, 0.3) is 0 Å². The van der Waals surface area contributed by atoms with Crippen LogP contribution < -0.4 is 0 Å². The molecule has 0 aromatic heterocycles. The van der Waals surface area contributed by atoms with Gasteiger partial charge in [-0.15, -0.1) is 0 Å². The first-order valence-electron chi connectivity index (χ1n) is 7.10. The summed E-state index contributed by atoms with van der Waals surface area (Å²) in [6, 6.07) is 10.2. The van der Waals surface area contributed by atoms with Crippen molar-refractivity contribution in [3.05, 3.63) is 35.9 Å². The van der Waals surface area contributed by atoms with Crippen LogP contribution in [0.25, 0.3) is 0 Å². The van der Waals surface area contributed by atoms with Gasteiger partial charge in [0.05, 0.1) is 6.61 Å². The van der Waals surface area contributed by atoms with Gasteiger partial charge in [-0.1, -0.05) is 51.1 Å². The molecule has 0 heterocycles. The number of carbonyl (C=O) groups excluding carboxylic acids is 1. The van der Waals surface area contributed by atoms with Crippen molar-refractivity contribution >= 4 is 5.78 Å². The lowest BCUT2D eigenvalue weighted by Gasteiger charge is -2.22. The van der Waals surface area contributed by atoms with Crippen molar-refractivity contribution in [2.45, 2.75) is 39.5 Å². The minimum absolute atomic E-state index is 0.208. The molecular formula is C17H26O3. The zero-order valence-corrected chi connectivity index (χ0v) is 13.0. The van der Waals surface area contributed by atoms with Crippen LogP contribution in [0.1, 0.15) is 45.1 Å². The smallest absolute Gasteiger partial charge is 0.146 e. The van der Waals surface area contributed by atoms with Gasteiger partial charge >= 0.3 is 0 Å². The van der Waals surface area contributed by atoms with E-state index in [1.807, 2.05) is 39.0 Å². The van der Waals surface area contributed by atoms with Crippen molar-refractivity contribution in [3.63, 3.8) is 0 Å². The van der Waals surface area contributed by atoms with Gasteiger partial charge in [0.15, 0.2) is 0 Å². The average molecular weight is 278 g/mol. The molecule has 0 bridgehead atoms. The molecule has 1 aromatic carbocycles. The standard InChI is InChI=1S/C17H26O3/c1-17(2,3)16(18)12-15(10-11-20-13-19-4)14-8-6-5-7-9-14/h5-9,15H,10-13H2,1-4H3/t15-/m0/s1. The Morgan fingerprint density at radius 3 is 2.40 bits per heavy atom. The number of ether oxygens (including phenoxy) is 2. The molecule has 0 saturated carbocycles. The fourth-order valence-electron chi connectivity index (χ4n) is 2.01. The maximum Gasteiger partial charge on any atom is 0.146 e. The Bertz CT molecular complexity index is 392. The first kappa shape index (κ1) is 16.9. The van der Waals surface area contributed by atoms with Crippen molar-refractivity contribution in [1.29, 1.82) is 0 Å². The molecule has 0 aliphatic rings. The number of hydrogen-bond acceptors (Lipinski definition) is 3. The fourth-order valence-corrected chi connectivity index (χ4v) is 2.01. The summed E-state index contributed by atoms with van der Waals surface area (Å²) in [5.74, 6) is 0.498. The molecule has 1 atom stereocenters. The van der Waals surface area contributed by atoms with Crippen LogP contribution in [-0.4, -0.2) is 26.3 Å². The molecule has 0 saturated heterocycles. The number of benzene rings is 1. The second-order valence-electron chi connectivity index (χ2n) is 6.09. The Morgan fingerprint density at radius 2 is 1.85 bits per heavy atom. The summed E-state index contributed by atoms with van der Waals surface area (Å²) in [7, 11) is 1.61. The van der Waals surface area contributed by atoms with Gasteiger partial charge in [0, 0.05) is 18.9 Å². The number of methoxy groups -OCH3 is 1. The molecule has 0 unspecified atom stereocenters. The van der Waals surface area contributed by atoms with Crippen LogP contribution in [0.15, 0.2) is 30.3 Å². The number of carbonyl (C=O) groups is 1. The third kappa shape index (κ3) is 5.85. The van der Waals surface area contributed by atoms with Crippen molar-refractivity contribution in [2.24, 2.45) is 5.41 Å². The highest BCUT2D eigenvalue weighted by atomic mass is 16.7. The SMILES string of the molecule is COCOCC[C@@H](CC(=O)C(C)(C)C)c1ccccc1. The summed E-state index contributed by atoms with van der Waals surface area (Å²) in [5, 5.41) is 0. The molecule has 0 fully saturated rings. The fraction of sp³-hybridized carbons (Fsp3) is 0.588. The normalized spacial score (nSPS) is 13.2. The largest absolute Gasteiger partial charge is 0.359 e. The van der Waals surface area contributed by atoms with Crippen molar-refractivity contribution < 1.29 is 14.3 Å². The molecule has 3 nitrogen and oxygen atoms in total. The maximum absolute atomic E-state index is 12.3. The van der Waals surface area contributed by atoms with Crippen molar-refractivity contribution in [1.82, 2.24) is 0 Å². The number of ketones is 1. The van der Waals surface area contributed by atoms with Gasteiger partial charge < -0.3 is 9.47 Å². The van der Waals surface area contributed by atoms with Crippen molar-refractivity contribution in [3.8, 4) is 0 Å². The Labute approximate surface area is 122 Å². The maximum atomic E-state index is 12.3. The number of hydrogen-bond donors (Lipinski definition) is 0. The highest BCUT2D eigenvalue weighted by molar-refractivity contribution is 5.84. The van der Waals surface area contributed by atoms with Gasteiger partial charge in [0.1, 0.15) is 12.6 Å². The lowest BCUT2D eigenvalue weighted by Crippen LogP contribution is -2.23. The Morgan fingerprint density at radius 1 is 1.20 bits per heavy atom. The van der Waals surface area contributed by atoms with E-state index in [4.69, 9.17) is 9.47 Å². The predicted octanol–water partition coefficient (Wildman–Crippen LogP) is 3.79. The van der Waals surface area contributed by atoms with E-state index in [-0.39, 0.29) is 17.1 Å². The van der Waals surface area contributed by atoms with E-state index >= 15 is 0 Å². The lowest BCUT2D eigenvalue weighted by atomic mass is 9.82. The van der Waals surface area contributed by atoms with Crippen LogP contribution in [0.5, 0.6) is 0 Å². The first-order valence-corrected chi connectivity index (χ1v) is 7.10. The number of rotatable bonds is 8. The molecule has 20 heavy (non-hydrogen) atoms. The third-order valence-corrected chi connectivity index (χ3v) is 3.35. The molecule has 0 aliphatic heterocycles. The minimum Gasteiger partial charge on any atom is -0.359 e. The zero-order valence-electron chi connectivity index (χ0n) is 13.0. The molecule has 0 radical (unpaired) electrons. The molecular weight excluding hydrogens is 252 g/mol. The van der Waals surface area contributed by atoms with E-state index in [2.05, 4.69) is 12.1 Å². The van der Waals surface area contributed by atoms with E-state index in [9.17, 15) is 4.79 Å². The second-order valence-corrected chi connectivity index (χ2v) is 6.09. The van der Waals surface area contributed by atoms with Gasteiger partial charge in [-0.2, -0.15) is 0 Å². The summed E-state index contributed by atoms with van der Waals surface area (Å²) in [4.78, 5) is 12.3. The van der Waals surface area contributed by atoms with E-state index < -0.39 is 0 Å². The molecule has 1 aromatic rings. The highest BCUT2D eigenvalue weighted by Crippen LogP contribution is 2.28.